The van der Waals surface area contributed by atoms with Gasteiger partial charge in [-0.05, 0) is 52.9 Å². The van der Waals surface area contributed by atoms with Gasteiger partial charge in [0.05, 0.1) is 22.0 Å². The van der Waals surface area contributed by atoms with Crippen molar-refractivity contribution in [3.63, 3.8) is 0 Å². The molecule has 3 heterocycles. The van der Waals surface area contributed by atoms with Gasteiger partial charge in [0.1, 0.15) is 22.6 Å². The van der Waals surface area contributed by atoms with Crippen LogP contribution in [0.5, 0.6) is 0 Å². The molecule has 33 heavy (non-hydrogen) atoms. The maximum atomic E-state index is 14.5. The first-order valence-electron chi connectivity index (χ1n) is 10.0. The number of benzene rings is 3. The predicted octanol–water partition coefficient (Wildman–Crippen LogP) is 6.22. The van der Waals surface area contributed by atoms with Gasteiger partial charge in [-0.2, -0.15) is 0 Å². The van der Waals surface area contributed by atoms with E-state index in [1.54, 1.807) is 18.3 Å². The van der Waals surface area contributed by atoms with Gasteiger partial charge in [-0.1, -0.05) is 29.8 Å². The molecule has 0 amide bonds. The lowest BCUT2D eigenvalue weighted by Crippen LogP contribution is -2.05. The highest BCUT2D eigenvalue weighted by atomic mass is 35.5. The minimum absolute atomic E-state index is 0.0553. The first kappa shape index (κ1) is 19.6. The van der Waals surface area contributed by atoms with Gasteiger partial charge in [-0.15, -0.1) is 0 Å². The fourth-order valence-corrected chi connectivity index (χ4v) is 4.45. The number of hydrogen-bond acceptors (Lipinski definition) is 3. The molecule has 0 fully saturated rings. The Kier molecular flexibility index (Phi) is 4.28. The SMILES string of the molecule is O=c1[nH]ccc2c3[nH]c(-c4c(F)cccc4F)nc3c3ccc(-c4ccnc(Cl)c4)cc3c12. The van der Waals surface area contributed by atoms with E-state index in [0.717, 1.165) is 11.1 Å². The minimum atomic E-state index is -0.725. The van der Waals surface area contributed by atoms with Crippen LogP contribution >= 0.6 is 11.6 Å². The van der Waals surface area contributed by atoms with E-state index in [0.29, 0.717) is 37.7 Å². The molecule has 6 aromatic rings. The maximum Gasteiger partial charge on any atom is 0.256 e. The van der Waals surface area contributed by atoms with Crippen molar-refractivity contribution in [2.24, 2.45) is 0 Å². The molecule has 5 nitrogen and oxygen atoms in total. The van der Waals surface area contributed by atoms with E-state index in [1.165, 1.54) is 24.4 Å². The van der Waals surface area contributed by atoms with Crippen molar-refractivity contribution in [2.75, 3.05) is 0 Å². The zero-order valence-electron chi connectivity index (χ0n) is 16.8. The zero-order valence-corrected chi connectivity index (χ0v) is 17.5. The Hall–Kier alpha value is -4.10. The van der Waals surface area contributed by atoms with Crippen LogP contribution in [-0.2, 0) is 0 Å². The Balaban J connectivity index is 1.74. The predicted molar refractivity (Wildman–Crippen MR) is 125 cm³/mol. The molecule has 3 aromatic heterocycles. The highest BCUT2D eigenvalue weighted by Gasteiger charge is 2.19. The summed E-state index contributed by atoms with van der Waals surface area (Å²) in [6.45, 7) is 0. The summed E-state index contributed by atoms with van der Waals surface area (Å²) >= 11 is 6.06. The molecule has 0 saturated carbocycles. The van der Waals surface area contributed by atoms with Crippen LogP contribution in [-0.4, -0.2) is 19.9 Å². The number of halogens is 3. The summed E-state index contributed by atoms with van der Waals surface area (Å²) in [5.41, 5.74) is 2.20. The lowest BCUT2D eigenvalue weighted by molar-refractivity contribution is 0.588. The van der Waals surface area contributed by atoms with Crippen LogP contribution in [0.15, 0.2) is 71.8 Å². The summed E-state index contributed by atoms with van der Waals surface area (Å²) in [6.07, 6.45) is 3.14. The summed E-state index contributed by atoms with van der Waals surface area (Å²) < 4.78 is 28.9. The number of fused-ring (bicyclic) bond motifs is 6. The molecule has 0 saturated heterocycles. The normalized spacial score (nSPS) is 11.6. The topological polar surface area (TPSA) is 74.4 Å². The Labute approximate surface area is 189 Å². The third-order valence-electron chi connectivity index (χ3n) is 5.74. The molecule has 160 valence electrons. The standard InChI is InChI=1S/C25H13ClF2N4O/c26-19-11-13(6-8-29-19)12-4-5-14-16(10-12)20-15(7-9-30-25(20)33)23-22(14)31-24(32-23)21-17(27)2-1-3-18(21)28/h1-11H,(H,30,33)(H,31,32). The summed E-state index contributed by atoms with van der Waals surface area (Å²) in [6, 6.07) is 14.6. The number of aromatic nitrogens is 4. The molecule has 2 N–H and O–H groups in total. The molecular weight excluding hydrogens is 446 g/mol. The fourth-order valence-electron chi connectivity index (χ4n) is 4.28. The average Bonchev–Trinajstić information content (AvgIpc) is 3.24. The Bertz CT molecular complexity index is 1770. The van der Waals surface area contributed by atoms with Gasteiger partial charge in [0.25, 0.3) is 5.56 Å². The lowest BCUT2D eigenvalue weighted by atomic mass is 9.97. The second-order valence-electron chi connectivity index (χ2n) is 7.63. The monoisotopic (exact) mass is 458 g/mol. The number of nitrogens with zero attached hydrogens (tertiary/aromatic N) is 2. The van der Waals surface area contributed by atoms with Crippen LogP contribution in [0.25, 0.3) is 55.1 Å². The van der Waals surface area contributed by atoms with Crippen molar-refractivity contribution >= 4 is 44.2 Å². The van der Waals surface area contributed by atoms with Crippen LogP contribution in [0.4, 0.5) is 8.78 Å². The molecule has 0 unspecified atom stereocenters. The number of aromatic amines is 2. The number of nitrogens with one attached hydrogen (secondary N) is 2. The van der Waals surface area contributed by atoms with Crippen molar-refractivity contribution in [3.8, 4) is 22.5 Å². The lowest BCUT2D eigenvalue weighted by Gasteiger charge is -2.08. The molecule has 6 rings (SSSR count). The Morgan fingerprint density at radius 3 is 2.45 bits per heavy atom. The van der Waals surface area contributed by atoms with E-state index in [1.807, 2.05) is 24.3 Å². The van der Waals surface area contributed by atoms with E-state index in [2.05, 4.69) is 19.9 Å². The number of rotatable bonds is 2. The fraction of sp³-hybridized carbons (Fsp3) is 0. The molecule has 0 aliphatic rings. The first-order valence-corrected chi connectivity index (χ1v) is 10.4. The second kappa shape index (κ2) is 7.21. The summed E-state index contributed by atoms with van der Waals surface area (Å²) in [5.74, 6) is -1.39. The quantitative estimate of drug-likeness (QED) is 0.239. The van der Waals surface area contributed by atoms with Crippen molar-refractivity contribution in [3.05, 3.63) is 94.1 Å². The van der Waals surface area contributed by atoms with Gasteiger partial charge in [0, 0.05) is 23.2 Å². The van der Waals surface area contributed by atoms with Gasteiger partial charge in [0.2, 0.25) is 0 Å². The molecule has 3 aromatic carbocycles. The van der Waals surface area contributed by atoms with Gasteiger partial charge in [-0.25, -0.2) is 18.7 Å². The summed E-state index contributed by atoms with van der Waals surface area (Å²) in [4.78, 5) is 27.2. The van der Waals surface area contributed by atoms with Crippen LogP contribution < -0.4 is 5.56 Å². The Morgan fingerprint density at radius 2 is 1.67 bits per heavy atom. The van der Waals surface area contributed by atoms with Crippen LogP contribution in [0, 0.1) is 11.6 Å². The third kappa shape index (κ3) is 3.01. The van der Waals surface area contributed by atoms with Crippen molar-refractivity contribution in [2.45, 2.75) is 0 Å². The molecule has 0 spiro atoms. The van der Waals surface area contributed by atoms with Crippen molar-refractivity contribution < 1.29 is 8.78 Å². The number of pyridine rings is 2. The molecule has 0 atom stereocenters. The van der Waals surface area contributed by atoms with Crippen molar-refractivity contribution in [1.29, 1.82) is 0 Å². The first-order chi connectivity index (χ1) is 16.0. The summed E-state index contributed by atoms with van der Waals surface area (Å²) in [5, 5.41) is 2.75. The van der Waals surface area contributed by atoms with Gasteiger partial charge >= 0.3 is 0 Å². The largest absolute Gasteiger partial charge is 0.337 e. The van der Waals surface area contributed by atoms with E-state index < -0.39 is 11.6 Å². The molecule has 0 radical (unpaired) electrons. The smallest absolute Gasteiger partial charge is 0.256 e. The number of imidazole rings is 1. The van der Waals surface area contributed by atoms with Gasteiger partial charge in [0.15, 0.2) is 0 Å². The van der Waals surface area contributed by atoms with Crippen molar-refractivity contribution in [1.82, 2.24) is 19.9 Å². The zero-order chi connectivity index (χ0) is 22.7. The van der Waals surface area contributed by atoms with E-state index in [-0.39, 0.29) is 16.9 Å². The van der Waals surface area contributed by atoms with E-state index >= 15 is 0 Å². The van der Waals surface area contributed by atoms with Crippen LogP contribution in [0.1, 0.15) is 0 Å². The molecule has 0 bridgehead atoms. The van der Waals surface area contributed by atoms with Gasteiger partial charge < -0.3 is 9.97 Å². The highest BCUT2D eigenvalue weighted by molar-refractivity contribution is 6.29. The van der Waals surface area contributed by atoms with Crippen LogP contribution in [0.3, 0.4) is 0 Å². The molecule has 0 aliphatic carbocycles. The maximum absolute atomic E-state index is 14.5. The number of hydrogen-bond donors (Lipinski definition) is 2. The third-order valence-corrected chi connectivity index (χ3v) is 5.94. The highest BCUT2D eigenvalue weighted by Crippen LogP contribution is 2.36. The van der Waals surface area contributed by atoms with E-state index in [4.69, 9.17) is 11.6 Å². The molecule has 0 aliphatic heterocycles. The number of H-pyrrole nitrogens is 2. The average molecular weight is 459 g/mol. The second-order valence-corrected chi connectivity index (χ2v) is 8.02. The van der Waals surface area contributed by atoms with E-state index in [9.17, 15) is 13.6 Å². The van der Waals surface area contributed by atoms with Gasteiger partial charge in [-0.3, -0.25) is 4.79 Å². The Morgan fingerprint density at radius 1 is 0.879 bits per heavy atom. The summed E-state index contributed by atoms with van der Waals surface area (Å²) in [7, 11) is 0. The molecular formula is C25H13ClF2N4O. The molecule has 8 heteroatoms. The minimum Gasteiger partial charge on any atom is -0.337 e. The van der Waals surface area contributed by atoms with Crippen LogP contribution in [0.2, 0.25) is 5.15 Å².